The highest BCUT2D eigenvalue weighted by molar-refractivity contribution is 7.89. The smallest absolute Gasteiger partial charge is 0.211 e. The molecule has 1 aliphatic rings. The predicted octanol–water partition coefficient (Wildman–Crippen LogP) is 2.87. The lowest BCUT2D eigenvalue weighted by Crippen LogP contribution is -2.45. The van der Waals surface area contributed by atoms with Gasteiger partial charge in [-0.15, -0.1) is 0 Å². The summed E-state index contributed by atoms with van der Waals surface area (Å²) in [7, 11) is -3.73. The Bertz CT molecular complexity index is 687. The molecule has 0 radical (unpaired) electrons. The van der Waals surface area contributed by atoms with Gasteiger partial charge in [0.2, 0.25) is 16.1 Å². The second kappa shape index (κ2) is 6.46. The fourth-order valence-corrected chi connectivity index (χ4v) is 4.87. The molecule has 1 aromatic carbocycles. The van der Waals surface area contributed by atoms with E-state index in [2.05, 4.69) is 4.99 Å². The van der Waals surface area contributed by atoms with E-state index >= 15 is 0 Å². The number of halogens is 2. The minimum absolute atomic E-state index is 0.000792. The van der Waals surface area contributed by atoms with Crippen molar-refractivity contribution in [1.82, 2.24) is 4.31 Å². The number of piperidine rings is 1. The summed E-state index contributed by atoms with van der Waals surface area (Å²) in [5.74, 6) is 0. The van der Waals surface area contributed by atoms with Crippen LogP contribution in [0, 0.1) is 0 Å². The van der Waals surface area contributed by atoms with Crippen LogP contribution < -0.4 is 0 Å². The maximum absolute atomic E-state index is 12.7. The Kier molecular flexibility index (Phi) is 5.07. The standard InChI is InChI=1S/C13H14Cl2N2O3S/c1-9-6-11(16-8-18)4-5-17(9)21(19,20)13-7-10(14)2-3-12(13)15/h2-3,7,9,11H,4-6H2,1H3. The first-order chi connectivity index (χ1) is 9.86. The third-order valence-electron chi connectivity index (χ3n) is 3.50. The van der Waals surface area contributed by atoms with Gasteiger partial charge in [0.25, 0.3) is 0 Å². The van der Waals surface area contributed by atoms with Gasteiger partial charge in [0.15, 0.2) is 0 Å². The predicted molar refractivity (Wildman–Crippen MR) is 81.0 cm³/mol. The largest absolute Gasteiger partial charge is 0.244 e. The highest BCUT2D eigenvalue weighted by atomic mass is 35.5. The van der Waals surface area contributed by atoms with E-state index in [-0.39, 0.29) is 28.5 Å². The fraction of sp³-hybridized carbons (Fsp3) is 0.462. The first-order valence-corrected chi connectivity index (χ1v) is 8.59. The van der Waals surface area contributed by atoms with Crippen LogP contribution in [0.2, 0.25) is 10.0 Å². The molecule has 8 heteroatoms. The summed E-state index contributed by atoms with van der Waals surface area (Å²) >= 11 is 11.9. The normalized spacial score (nSPS) is 23.6. The SMILES string of the molecule is CC1CC(N=C=O)CCN1S(=O)(=O)c1cc(Cl)ccc1Cl. The Hall–Kier alpha value is -0.910. The van der Waals surface area contributed by atoms with Gasteiger partial charge in [0, 0.05) is 17.6 Å². The summed E-state index contributed by atoms with van der Waals surface area (Å²) in [5, 5.41) is 0.450. The number of sulfonamides is 1. The van der Waals surface area contributed by atoms with E-state index in [9.17, 15) is 13.2 Å². The van der Waals surface area contributed by atoms with Crippen LogP contribution in [0.15, 0.2) is 28.1 Å². The molecule has 5 nitrogen and oxygen atoms in total. The van der Waals surface area contributed by atoms with E-state index in [0.717, 1.165) is 0 Å². The lowest BCUT2D eigenvalue weighted by molar-refractivity contribution is 0.248. The third kappa shape index (κ3) is 3.47. The molecule has 0 bridgehead atoms. The van der Waals surface area contributed by atoms with E-state index in [1.807, 2.05) is 0 Å². The van der Waals surface area contributed by atoms with Crippen LogP contribution >= 0.6 is 23.2 Å². The summed E-state index contributed by atoms with van der Waals surface area (Å²) in [6, 6.07) is 3.89. The van der Waals surface area contributed by atoms with Crippen molar-refractivity contribution in [2.45, 2.75) is 36.7 Å². The van der Waals surface area contributed by atoms with Gasteiger partial charge in [-0.25, -0.2) is 18.2 Å². The van der Waals surface area contributed by atoms with Crippen LogP contribution in [0.1, 0.15) is 19.8 Å². The molecule has 0 N–H and O–H groups in total. The molecule has 2 unspecified atom stereocenters. The van der Waals surface area contributed by atoms with Gasteiger partial charge >= 0.3 is 0 Å². The van der Waals surface area contributed by atoms with Crippen molar-refractivity contribution in [3.05, 3.63) is 28.2 Å². The van der Waals surface area contributed by atoms with Crippen molar-refractivity contribution < 1.29 is 13.2 Å². The first-order valence-electron chi connectivity index (χ1n) is 6.40. The second-order valence-electron chi connectivity index (χ2n) is 4.94. The molecular weight excluding hydrogens is 335 g/mol. The van der Waals surface area contributed by atoms with Gasteiger partial charge in [0.1, 0.15) is 4.90 Å². The molecule has 0 spiro atoms. The summed E-state index contributed by atoms with van der Waals surface area (Å²) in [5.41, 5.74) is 0. The molecular formula is C13H14Cl2N2O3S. The van der Waals surface area contributed by atoms with E-state index in [4.69, 9.17) is 23.2 Å². The molecule has 0 amide bonds. The number of hydrogen-bond donors (Lipinski definition) is 0. The Morgan fingerprint density at radius 3 is 2.71 bits per heavy atom. The lowest BCUT2D eigenvalue weighted by atomic mass is 10.0. The van der Waals surface area contributed by atoms with E-state index in [1.54, 1.807) is 6.92 Å². The zero-order chi connectivity index (χ0) is 15.6. The number of isocyanates is 1. The van der Waals surface area contributed by atoms with Crippen molar-refractivity contribution in [3.8, 4) is 0 Å². The van der Waals surface area contributed by atoms with Crippen molar-refractivity contribution in [2.75, 3.05) is 6.54 Å². The van der Waals surface area contributed by atoms with Crippen LogP contribution in [0.4, 0.5) is 0 Å². The van der Waals surface area contributed by atoms with Crippen LogP contribution in [-0.2, 0) is 14.8 Å². The molecule has 2 atom stereocenters. The van der Waals surface area contributed by atoms with Crippen molar-refractivity contribution in [3.63, 3.8) is 0 Å². The highest BCUT2D eigenvalue weighted by Gasteiger charge is 2.35. The van der Waals surface area contributed by atoms with Crippen LogP contribution in [-0.4, -0.2) is 37.4 Å². The number of benzene rings is 1. The molecule has 0 saturated carbocycles. The topological polar surface area (TPSA) is 66.8 Å². The quantitative estimate of drug-likeness (QED) is 0.623. The molecule has 1 aromatic rings. The number of nitrogens with zero attached hydrogens (tertiary/aromatic N) is 2. The fourth-order valence-electron chi connectivity index (χ4n) is 2.48. The molecule has 21 heavy (non-hydrogen) atoms. The zero-order valence-corrected chi connectivity index (χ0v) is 13.6. The number of hydrogen-bond acceptors (Lipinski definition) is 4. The molecule has 1 heterocycles. The van der Waals surface area contributed by atoms with Gasteiger partial charge in [-0.05, 0) is 38.0 Å². The Morgan fingerprint density at radius 2 is 2.10 bits per heavy atom. The minimum Gasteiger partial charge on any atom is -0.211 e. The van der Waals surface area contributed by atoms with Gasteiger partial charge in [-0.2, -0.15) is 4.31 Å². The Balaban J connectivity index is 2.32. The average Bonchev–Trinajstić information content (AvgIpc) is 2.41. The van der Waals surface area contributed by atoms with Gasteiger partial charge in [-0.1, -0.05) is 23.2 Å². The molecule has 0 aliphatic carbocycles. The summed E-state index contributed by atoms with van der Waals surface area (Å²) in [4.78, 5) is 14.0. The third-order valence-corrected chi connectivity index (χ3v) is 6.23. The Morgan fingerprint density at radius 1 is 1.38 bits per heavy atom. The number of aliphatic imine (C=N–C) groups is 1. The molecule has 0 aromatic heterocycles. The maximum atomic E-state index is 12.7. The van der Waals surface area contributed by atoms with Crippen LogP contribution in [0.5, 0.6) is 0 Å². The summed E-state index contributed by atoms with van der Waals surface area (Å²) < 4.78 is 26.8. The van der Waals surface area contributed by atoms with Gasteiger partial charge < -0.3 is 0 Å². The van der Waals surface area contributed by atoms with Gasteiger partial charge in [-0.3, -0.25) is 0 Å². The van der Waals surface area contributed by atoms with Crippen LogP contribution in [0.25, 0.3) is 0 Å². The van der Waals surface area contributed by atoms with Crippen molar-refractivity contribution in [2.24, 2.45) is 4.99 Å². The molecule has 114 valence electrons. The average molecular weight is 349 g/mol. The Labute approximate surface area is 133 Å². The number of carbonyl (C=O) groups excluding carboxylic acids is 1. The zero-order valence-electron chi connectivity index (χ0n) is 11.3. The molecule has 1 fully saturated rings. The molecule has 1 aliphatic heterocycles. The lowest BCUT2D eigenvalue weighted by Gasteiger charge is -2.34. The van der Waals surface area contributed by atoms with Crippen molar-refractivity contribution in [1.29, 1.82) is 0 Å². The van der Waals surface area contributed by atoms with E-state index in [1.165, 1.54) is 28.6 Å². The number of rotatable bonds is 3. The maximum Gasteiger partial charge on any atom is 0.244 e. The van der Waals surface area contributed by atoms with E-state index in [0.29, 0.717) is 17.9 Å². The first kappa shape index (κ1) is 16.5. The van der Waals surface area contributed by atoms with Crippen LogP contribution in [0.3, 0.4) is 0 Å². The van der Waals surface area contributed by atoms with E-state index < -0.39 is 10.0 Å². The summed E-state index contributed by atoms with van der Waals surface area (Å²) in [6.07, 6.45) is 2.49. The second-order valence-corrected chi connectivity index (χ2v) is 7.64. The highest BCUT2D eigenvalue weighted by Crippen LogP contribution is 2.31. The molecule has 2 rings (SSSR count). The monoisotopic (exact) mass is 348 g/mol. The van der Waals surface area contributed by atoms with Gasteiger partial charge in [0.05, 0.1) is 11.1 Å². The summed E-state index contributed by atoms with van der Waals surface area (Å²) in [6.45, 7) is 2.06. The molecule has 1 saturated heterocycles. The van der Waals surface area contributed by atoms with Crippen molar-refractivity contribution >= 4 is 39.3 Å². The minimum atomic E-state index is -3.73.